The van der Waals surface area contributed by atoms with E-state index in [2.05, 4.69) is 6.92 Å². The molecule has 27 heavy (non-hydrogen) atoms. The molecule has 0 radical (unpaired) electrons. The SMILES string of the molecule is CCCCCCc1ccc(C2=CCC(/C=C/CC(F)(F)F)CC2)c(F)c1F. The van der Waals surface area contributed by atoms with E-state index in [4.69, 9.17) is 0 Å². The Morgan fingerprint density at radius 3 is 2.48 bits per heavy atom. The minimum atomic E-state index is -4.19. The van der Waals surface area contributed by atoms with E-state index < -0.39 is 24.2 Å². The molecule has 2 rings (SSSR count). The van der Waals surface area contributed by atoms with E-state index in [1.807, 2.05) is 6.08 Å². The fraction of sp³-hybridized carbons (Fsp3) is 0.545. The molecule has 1 aromatic carbocycles. The van der Waals surface area contributed by atoms with Crippen molar-refractivity contribution in [2.24, 2.45) is 5.92 Å². The summed E-state index contributed by atoms with van der Waals surface area (Å²) >= 11 is 0. The van der Waals surface area contributed by atoms with Crippen molar-refractivity contribution < 1.29 is 22.0 Å². The Morgan fingerprint density at radius 1 is 1.07 bits per heavy atom. The monoisotopic (exact) mass is 386 g/mol. The van der Waals surface area contributed by atoms with Crippen LogP contribution in [0.5, 0.6) is 0 Å². The van der Waals surface area contributed by atoms with Gasteiger partial charge in [0.25, 0.3) is 0 Å². The fourth-order valence-electron chi connectivity index (χ4n) is 3.44. The largest absolute Gasteiger partial charge is 0.392 e. The van der Waals surface area contributed by atoms with Crippen molar-refractivity contribution >= 4 is 5.57 Å². The zero-order valence-electron chi connectivity index (χ0n) is 15.7. The van der Waals surface area contributed by atoms with Crippen molar-refractivity contribution in [3.63, 3.8) is 0 Å². The smallest absolute Gasteiger partial charge is 0.203 e. The summed E-state index contributed by atoms with van der Waals surface area (Å²) in [5.41, 5.74) is 1.43. The van der Waals surface area contributed by atoms with Gasteiger partial charge in [-0.3, -0.25) is 0 Å². The van der Waals surface area contributed by atoms with Gasteiger partial charge >= 0.3 is 6.18 Å². The molecule has 1 aliphatic carbocycles. The molecule has 0 nitrogen and oxygen atoms in total. The van der Waals surface area contributed by atoms with Gasteiger partial charge in [-0.1, -0.05) is 56.5 Å². The first-order valence-electron chi connectivity index (χ1n) is 9.71. The van der Waals surface area contributed by atoms with Crippen molar-refractivity contribution in [3.05, 3.63) is 53.1 Å². The normalized spacial score (nSPS) is 18.1. The molecule has 0 fully saturated rings. The topological polar surface area (TPSA) is 0 Å². The van der Waals surface area contributed by atoms with Crippen molar-refractivity contribution in [2.75, 3.05) is 0 Å². The molecule has 0 bridgehead atoms. The number of benzene rings is 1. The van der Waals surface area contributed by atoms with Gasteiger partial charge in [0.05, 0.1) is 6.42 Å². The number of hydrogen-bond donors (Lipinski definition) is 0. The molecule has 1 unspecified atom stereocenters. The highest BCUT2D eigenvalue weighted by molar-refractivity contribution is 5.67. The van der Waals surface area contributed by atoms with Crippen LogP contribution in [0.15, 0.2) is 30.4 Å². The predicted octanol–water partition coefficient (Wildman–Crippen LogP) is 7.78. The maximum Gasteiger partial charge on any atom is 0.392 e. The lowest BCUT2D eigenvalue weighted by molar-refractivity contribution is -0.125. The number of unbranched alkanes of at least 4 members (excludes halogenated alkanes) is 3. The van der Waals surface area contributed by atoms with Crippen LogP contribution in [0.25, 0.3) is 5.57 Å². The molecule has 1 atom stereocenters. The lowest BCUT2D eigenvalue weighted by atomic mass is 9.85. The zero-order valence-corrected chi connectivity index (χ0v) is 15.7. The molecule has 0 aromatic heterocycles. The Bertz CT molecular complexity index is 670. The Balaban J connectivity index is 1.99. The molecule has 1 aromatic rings. The molecule has 5 heteroatoms. The highest BCUT2D eigenvalue weighted by Crippen LogP contribution is 2.34. The number of alkyl halides is 3. The third-order valence-corrected chi connectivity index (χ3v) is 5.02. The zero-order chi connectivity index (χ0) is 19.9. The van der Waals surface area contributed by atoms with E-state index in [-0.39, 0.29) is 11.5 Å². The van der Waals surface area contributed by atoms with Crippen LogP contribution in [-0.2, 0) is 6.42 Å². The van der Waals surface area contributed by atoms with Crippen molar-refractivity contribution in [2.45, 2.75) is 70.9 Å². The van der Waals surface area contributed by atoms with Crippen LogP contribution in [0.3, 0.4) is 0 Å². The fourth-order valence-corrected chi connectivity index (χ4v) is 3.44. The molecule has 1 aliphatic rings. The molecule has 0 spiro atoms. The second kappa shape index (κ2) is 10.0. The summed E-state index contributed by atoms with van der Waals surface area (Å²) in [6.07, 6.45) is 5.73. The molecule has 150 valence electrons. The summed E-state index contributed by atoms with van der Waals surface area (Å²) in [4.78, 5) is 0. The van der Waals surface area contributed by atoms with Gasteiger partial charge < -0.3 is 0 Å². The van der Waals surface area contributed by atoms with Gasteiger partial charge in [-0.15, -0.1) is 0 Å². The van der Waals surface area contributed by atoms with Crippen LogP contribution in [-0.4, -0.2) is 6.18 Å². The molecule has 0 amide bonds. The lowest BCUT2D eigenvalue weighted by Gasteiger charge is -2.20. The standard InChI is InChI=1S/C22H27F5/c1-2-3-4-5-8-18-13-14-19(21(24)20(18)23)17-11-9-16(10-12-17)7-6-15-22(25,26)27/h6-7,11,13-14,16H,2-5,8-10,12,15H2,1H3/b7-6+. The highest BCUT2D eigenvalue weighted by atomic mass is 19.4. The van der Waals surface area contributed by atoms with E-state index in [1.54, 1.807) is 18.2 Å². The molecule has 0 saturated heterocycles. The van der Waals surface area contributed by atoms with Crippen LogP contribution in [0, 0.1) is 17.6 Å². The van der Waals surface area contributed by atoms with E-state index in [9.17, 15) is 22.0 Å². The number of allylic oxidation sites excluding steroid dienone is 4. The molecule has 0 aliphatic heterocycles. The Hall–Kier alpha value is -1.65. The Labute approximate surface area is 158 Å². The van der Waals surface area contributed by atoms with E-state index >= 15 is 0 Å². The number of aryl methyl sites for hydroxylation is 1. The Morgan fingerprint density at radius 2 is 1.85 bits per heavy atom. The molecular weight excluding hydrogens is 359 g/mol. The van der Waals surface area contributed by atoms with Gasteiger partial charge in [0.2, 0.25) is 0 Å². The van der Waals surface area contributed by atoms with E-state index in [0.717, 1.165) is 37.3 Å². The predicted molar refractivity (Wildman–Crippen MR) is 99.3 cm³/mol. The minimum absolute atomic E-state index is 0.0156. The molecule has 0 N–H and O–H groups in total. The lowest BCUT2D eigenvalue weighted by Crippen LogP contribution is -2.07. The number of halogens is 5. The summed E-state index contributed by atoms with van der Waals surface area (Å²) < 4.78 is 65.4. The summed E-state index contributed by atoms with van der Waals surface area (Å²) in [5.74, 6) is -1.56. The maximum atomic E-state index is 14.5. The second-order valence-electron chi connectivity index (χ2n) is 7.22. The first-order chi connectivity index (χ1) is 12.8. The quantitative estimate of drug-likeness (QED) is 0.243. The second-order valence-corrected chi connectivity index (χ2v) is 7.22. The summed E-state index contributed by atoms with van der Waals surface area (Å²) in [5, 5.41) is 0. The average Bonchev–Trinajstić information content (AvgIpc) is 2.62. The highest BCUT2D eigenvalue weighted by Gasteiger charge is 2.25. The van der Waals surface area contributed by atoms with Crippen LogP contribution < -0.4 is 0 Å². The van der Waals surface area contributed by atoms with E-state index in [1.165, 1.54) is 0 Å². The van der Waals surface area contributed by atoms with Gasteiger partial charge in [-0.25, -0.2) is 8.78 Å². The van der Waals surface area contributed by atoms with Crippen LogP contribution >= 0.6 is 0 Å². The first kappa shape index (κ1) is 21.6. The third-order valence-electron chi connectivity index (χ3n) is 5.02. The number of hydrogen-bond acceptors (Lipinski definition) is 0. The van der Waals surface area contributed by atoms with Crippen molar-refractivity contribution in [3.8, 4) is 0 Å². The Kier molecular flexibility index (Phi) is 8.06. The van der Waals surface area contributed by atoms with Gasteiger partial charge in [0.1, 0.15) is 0 Å². The van der Waals surface area contributed by atoms with Crippen LogP contribution in [0.2, 0.25) is 0 Å². The number of rotatable bonds is 8. The third kappa shape index (κ3) is 6.78. The van der Waals surface area contributed by atoms with Gasteiger partial charge in [-0.05, 0) is 49.2 Å². The van der Waals surface area contributed by atoms with E-state index in [0.29, 0.717) is 31.2 Å². The maximum absolute atomic E-state index is 14.5. The minimum Gasteiger partial charge on any atom is -0.203 e. The van der Waals surface area contributed by atoms with Gasteiger partial charge in [-0.2, -0.15) is 13.2 Å². The van der Waals surface area contributed by atoms with Crippen LogP contribution in [0.1, 0.15) is 69.4 Å². The van der Waals surface area contributed by atoms with Gasteiger partial charge in [0, 0.05) is 5.56 Å². The average molecular weight is 386 g/mol. The molecular formula is C22H27F5. The van der Waals surface area contributed by atoms with Crippen LogP contribution in [0.4, 0.5) is 22.0 Å². The summed E-state index contributed by atoms with van der Waals surface area (Å²) in [6.45, 7) is 2.10. The van der Waals surface area contributed by atoms with Gasteiger partial charge in [0.15, 0.2) is 11.6 Å². The molecule has 0 saturated carbocycles. The molecule has 0 heterocycles. The summed E-state index contributed by atoms with van der Waals surface area (Å²) in [6, 6.07) is 3.30. The van der Waals surface area contributed by atoms with Crippen molar-refractivity contribution in [1.29, 1.82) is 0 Å². The summed E-state index contributed by atoms with van der Waals surface area (Å²) in [7, 11) is 0. The van der Waals surface area contributed by atoms with Crippen molar-refractivity contribution in [1.82, 2.24) is 0 Å². The first-order valence-corrected chi connectivity index (χ1v) is 9.71.